The molecule has 0 saturated carbocycles. The molecule has 0 aliphatic heterocycles. The maximum absolute atomic E-state index is 13.1. The standard InChI is InChI=1S/C7H3ClFN3S/c8-7-12-11-6(13-7)4-2-1-3-10-5(4)9/h1-3H. The molecule has 2 aromatic rings. The molecule has 13 heavy (non-hydrogen) atoms. The summed E-state index contributed by atoms with van der Waals surface area (Å²) in [6, 6.07) is 3.22. The Morgan fingerprint density at radius 3 is 2.85 bits per heavy atom. The van der Waals surface area contributed by atoms with Gasteiger partial charge in [0.1, 0.15) is 0 Å². The van der Waals surface area contributed by atoms with E-state index in [-0.39, 0.29) is 0 Å². The molecule has 3 nitrogen and oxygen atoms in total. The van der Waals surface area contributed by atoms with E-state index in [2.05, 4.69) is 15.2 Å². The van der Waals surface area contributed by atoms with E-state index >= 15 is 0 Å². The number of aromatic nitrogens is 3. The molecule has 0 radical (unpaired) electrons. The highest BCUT2D eigenvalue weighted by molar-refractivity contribution is 7.18. The molecule has 0 aliphatic carbocycles. The molecule has 2 aromatic heterocycles. The van der Waals surface area contributed by atoms with Gasteiger partial charge in [-0.3, -0.25) is 0 Å². The summed E-state index contributed by atoms with van der Waals surface area (Å²) in [7, 11) is 0. The average Bonchev–Trinajstić information content (AvgIpc) is 2.53. The van der Waals surface area contributed by atoms with Gasteiger partial charge < -0.3 is 0 Å². The SMILES string of the molecule is Fc1ncccc1-c1nnc(Cl)s1. The van der Waals surface area contributed by atoms with Gasteiger partial charge in [0.25, 0.3) is 0 Å². The molecule has 0 amide bonds. The second-order valence-electron chi connectivity index (χ2n) is 2.20. The number of nitrogens with zero attached hydrogens (tertiary/aromatic N) is 3. The van der Waals surface area contributed by atoms with Crippen molar-refractivity contribution in [2.75, 3.05) is 0 Å². The molecular weight excluding hydrogens is 213 g/mol. The van der Waals surface area contributed by atoms with Gasteiger partial charge >= 0.3 is 0 Å². The maximum Gasteiger partial charge on any atom is 0.223 e. The van der Waals surface area contributed by atoms with Crippen molar-refractivity contribution in [2.45, 2.75) is 0 Å². The third kappa shape index (κ3) is 1.66. The third-order valence-electron chi connectivity index (χ3n) is 1.39. The Hall–Kier alpha value is -1.07. The summed E-state index contributed by atoms with van der Waals surface area (Å²) in [5, 5.41) is 7.72. The molecule has 0 aliphatic rings. The van der Waals surface area contributed by atoms with Crippen LogP contribution in [-0.4, -0.2) is 15.2 Å². The van der Waals surface area contributed by atoms with Crippen molar-refractivity contribution < 1.29 is 4.39 Å². The summed E-state index contributed by atoms with van der Waals surface area (Å²) in [5.74, 6) is -0.560. The summed E-state index contributed by atoms with van der Waals surface area (Å²) in [4.78, 5) is 3.49. The van der Waals surface area contributed by atoms with Crippen molar-refractivity contribution >= 4 is 22.9 Å². The number of hydrogen-bond acceptors (Lipinski definition) is 4. The lowest BCUT2D eigenvalue weighted by atomic mass is 10.3. The number of rotatable bonds is 1. The summed E-state index contributed by atoms with van der Waals surface area (Å²) in [6.07, 6.45) is 1.38. The van der Waals surface area contributed by atoms with Gasteiger partial charge in [-0.05, 0) is 23.7 Å². The first-order valence-corrected chi connectivity index (χ1v) is 4.57. The van der Waals surface area contributed by atoms with E-state index < -0.39 is 5.95 Å². The lowest BCUT2D eigenvalue weighted by Gasteiger charge is -1.93. The summed E-state index contributed by atoms with van der Waals surface area (Å²) in [6.45, 7) is 0. The van der Waals surface area contributed by atoms with E-state index in [4.69, 9.17) is 11.6 Å². The first kappa shape index (κ1) is 8.52. The molecule has 2 rings (SSSR count). The summed E-state index contributed by atoms with van der Waals surface area (Å²) < 4.78 is 13.4. The van der Waals surface area contributed by atoms with E-state index in [1.54, 1.807) is 12.1 Å². The highest BCUT2D eigenvalue weighted by atomic mass is 35.5. The van der Waals surface area contributed by atoms with Crippen molar-refractivity contribution in [3.8, 4) is 10.6 Å². The zero-order valence-electron chi connectivity index (χ0n) is 6.24. The lowest BCUT2D eigenvalue weighted by molar-refractivity contribution is 0.587. The van der Waals surface area contributed by atoms with Crippen LogP contribution in [0.4, 0.5) is 4.39 Å². The Labute approximate surface area is 82.2 Å². The minimum Gasteiger partial charge on any atom is -0.228 e. The fourth-order valence-electron chi connectivity index (χ4n) is 0.860. The maximum atomic E-state index is 13.1. The molecule has 0 atom stereocenters. The van der Waals surface area contributed by atoms with E-state index in [9.17, 15) is 4.39 Å². The second-order valence-corrected chi connectivity index (χ2v) is 3.76. The van der Waals surface area contributed by atoms with Crippen molar-refractivity contribution in [1.29, 1.82) is 0 Å². The van der Waals surface area contributed by atoms with Gasteiger partial charge in [-0.25, -0.2) is 4.98 Å². The van der Waals surface area contributed by atoms with Gasteiger partial charge in [0.2, 0.25) is 10.4 Å². The molecule has 66 valence electrons. The molecule has 0 unspecified atom stereocenters. The molecule has 0 spiro atoms. The average molecular weight is 216 g/mol. The van der Waals surface area contributed by atoms with E-state index in [0.29, 0.717) is 15.0 Å². The molecule has 0 aromatic carbocycles. The van der Waals surface area contributed by atoms with Gasteiger partial charge in [-0.2, -0.15) is 4.39 Å². The van der Waals surface area contributed by atoms with Gasteiger partial charge in [0, 0.05) is 6.20 Å². The Kier molecular flexibility index (Phi) is 2.20. The molecular formula is C7H3ClFN3S. The minimum atomic E-state index is -0.560. The van der Waals surface area contributed by atoms with E-state index in [1.165, 1.54) is 6.20 Å². The van der Waals surface area contributed by atoms with Crippen molar-refractivity contribution in [3.05, 3.63) is 28.7 Å². The van der Waals surface area contributed by atoms with Crippen LogP contribution in [0.25, 0.3) is 10.6 Å². The van der Waals surface area contributed by atoms with Crippen LogP contribution in [0.5, 0.6) is 0 Å². The van der Waals surface area contributed by atoms with Crippen LogP contribution in [0.2, 0.25) is 4.47 Å². The number of pyridine rings is 1. The molecule has 0 fully saturated rings. The highest BCUT2D eigenvalue weighted by Crippen LogP contribution is 2.26. The Morgan fingerprint density at radius 2 is 2.23 bits per heavy atom. The van der Waals surface area contributed by atoms with E-state index in [1.807, 2.05) is 0 Å². The van der Waals surface area contributed by atoms with Crippen molar-refractivity contribution in [2.24, 2.45) is 0 Å². The molecule has 0 bridgehead atoms. The van der Waals surface area contributed by atoms with E-state index in [0.717, 1.165) is 11.3 Å². The summed E-state index contributed by atoms with van der Waals surface area (Å²) in [5.41, 5.74) is 0.326. The largest absolute Gasteiger partial charge is 0.228 e. The zero-order chi connectivity index (χ0) is 9.26. The fraction of sp³-hybridized carbons (Fsp3) is 0. The Morgan fingerprint density at radius 1 is 1.38 bits per heavy atom. The third-order valence-corrected chi connectivity index (χ3v) is 2.44. The van der Waals surface area contributed by atoms with Crippen LogP contribution >= 0.6 is 22.9 Å². The first-order chi connectivity index (χ1) is 6.27. The van der Waals surface area contributed by atoms with Gasteiger partial charge in [-0.1, -0.05) is 11.3 Å². The normalized spacial score (nSPS) is 10.3. The van der Waals surface area contributed by atoms with Crippen molar-refractivity contribution in [3.63, 3.8) is 0 Å². The van der Waals surface area contributed by atoms with Crippen LogP contribution in [-0.2, 0) is 0 Å². The van der Waals surface area contributed by atoms with Gasteiger partial charge in [-0.15, -0.1) is 10.2 Å². The smallest absolute Gasteiger partial charge is 0.223 e. The quantitative estimate of drug-likeness (QED) is 0.686. The zero-order valence-corrected chi connectivity index (χ0v) is 7.81. The molecule has 6 heteroatoms. The Balaban J connectivity index is 2.52. The van der Waals surface area contributed by atoms with Gasteiger partial charge in [0.15, 0.2) is 5.01 Å². The van der Waals surface area contributed by atoms with Gasteiger partial charge in [0.05, 0.1) is 5.56 Å². The van der Waals surface area contributed by atoms with Crippen LogP contribution in [0.3, 0.4) is 0 Å². The van der Waals surface area contributed by atoms with Crippen molar-refractivity contribution in [1.82, 2.24) is 15.2 Å². The molecule has 0 saturated heterocycles. The number of hydrogen-bond donors (Lipinski definition) is 0. The van der Waals surface area contributed by atoms with Crippen LogP contribution in [0.15, 0.2) is 18.3 Å². The fourth-order valence-corrected chi connectivity index (χ4v) is 1.70. The minimum absolute atomic E-state index is 0.290. The molecule has 0 N–H and O–H groups in total. The first-order valence-electron chi connectivity index (χ1n) is 3.37. The number of halogens is 2. The predicted octanol–water partition coefficient (Wildman–Crippen LogP) is 2.39. The molecule has 2 heterocycles. The van der Waals surface area contributed by atoms with Crippen LogP contribution in [0, 0.1) is 5.95 Å². The predicted molar refractivity (Wildman–Crippen MR) is 48.1 cm³/mol. The van der Waals surface area contributed by atoms with Crippen LogP contribution < -0.4 is 0 Å². The highest BCUT2D eigenvalue weighted by Gasteiger charge is 2.09. The van der Waals surface area contributed by atoms with Crippen LogP contribution in [0.1, 0.15) is 0 Å². The lowest BCUT2D eigenvalue weighted by Crippen LogP contribution is -1.86. The topological polar surface area (TPSA) is 38.7 Å². The summed E-state index contributed by atoms with van der Waals surface area (Å²) >= 11 is 6.68. The Bertz CT molecular complexity index is 431. The second kappa shape index (κ2) is 3.35. The monoisotopic (exact) mass is 215 g/mol.